The average Bonchev–Trinajstić information content (AvgIpc) is 3.25. The fourth-order valence-electron chi connectivity index (χ4n) is 4.70. The van der Waals surface area contributed by atoms with E-state index in [0.29, 0.717) is 57.5 Å². The van der Waals surface area contributed by atoms with Crippen molar-refractivity contribution in [3.63, 3.8) is 0 Å². The number of fused-ring (bicyclic) bond motifs is 5. The first kappa shape index (κ1) is 26.7. The predicted molar refractivity (Wildman–Crippen MR) is 148 cm³/mol. The zero-order chi connectivity index (χ0) is 27.1. The van der Waals surface area contributed by atoms with E-state index in [0.717, 1.165) is 6.04 Å². The molecule has 10 heteroatoms. The molecule has 0 amide bonds. The van der Waals surface area contributed by atoms with Crippen molar-refractivity contribution in [3.8, 4) is 11.5 Å². The number of hydrogen-bond acceptors (Lipinski definition) is 6. The second kappa shape index (κ2) is 10.2. The summed E-state index contributed by atoms with van der Waals surface area (Å²) in [4.78, 5) is 31.1. The van der Waals surface area contributed by atoms with Gasteiger partial charge in [0.1, 0.15) is 18.4 Å². The maximum absolute atomic E-state index is 14.0. The summed E-state index contributed by atoms with van der Waals surface area (Å²) in [5.74, 6) is -0.547. The van der Waals surface area contributed by atoms with Crippen LogP contribution in [0.4, 0.5) is 0 Å². The second-order valence-electron chi connectivity index (χ2n) is 10.8. The van der Waals surface area contributed by atoms with E-state index in [4.69, 9.17) is 19.2 Å². The summed E-state index contributed by atoms with van der Waals surface area (Å²) >= 11 is 0. The van der Waals surface area contributed by atoms with E-state index in [1.165, 1.54) is 18.8 Å². The third-order valence-electron chi connectivity index (χ3n) is 6.65. The van der Waals surface area contributed by atoms with Gasteiger partial charge in [-0.1, -0.05) is 33.5 Å². The third-order valence-corrected chi connectivity index (χ3v) is 8.36. The Bertz CT molecular complexity index is 1530. The summed E-state index contributed by atoms with van der Waals surface area (Å²) in [6, 6.07) is 5.20. The summed E-state index contributed by atoms with van der Waals surface area (Å²) in [6.45, 7) is 11.5. The molecule has 0 aliphatic carbocycles. The number of rotatable bonds is 10. The summed E-state index contributed by atoms with van der Waals surface area (Å²) in [5, 5.41) is 12.5. The Labute approximate surface area is 216 Å². The lowest BCUT2D eigenvalue weighted by Gasteiger charge is -2.23. The van der Waals surface area contributed by atoms with E-state index >= 15 is 0 Å². The minimum Gasteiger partial charge on any atom is -0.493 e. The number of carbonyl (C=O) groups is 1. The molecule has 0 spiro atoms. The van der Waals surface area contributed by atoms with Crippen LogP contribution in [-0.2, 0) is 16.3 Å². The highest BCUT2D eigenvalue weighted by molar-refractivity contribution is 6.76. The molecule has 1 atom stereocenters. The van der Waals surface area contributed by atoms with Crippen molar-refractivity contribution in [2.75, 3.05) is 20.8 Å². The number of carboxylic acid groups (broad SMARTS) is 1. The zero-order valence-corrected chi connectivity index (χ0v) is 23.5. The van der Waals surface area contributed by atoms with Crippen molar-refractivity contribution in [1.82, 2.24) is 14.1 Å². The highest BCUT2D eigenvalue weighted by atomic mass is 28.3. The fraction of sp³-hybridized carbons (Fsp3) is 0.444. The van der Waals surface area contributed by atoms with Gasteiger partial charge >= 0.3 is 5.97 Å². The molecule has 198 valence electrons. The van der Waals surface area contributed by atoms with Gasteiger partial charge in [0.05, 0.1) is 25.1 Å². The van der Waals surface area contributed by atoms with E-state index in [1.807, 2.05) is 16.8 Å². The predicted octanol–water partition coefficient (Wildman–Crippen LogP) is 5.12. The van der Waals surface area contributed by atoms with Crippen LogP contribution in [0.5, 0.6) is 11.5 Å². The summed E-state index contributed by atoms with van der Waals surface area (Å²) in [7, 11) is 1.81. The molecule has 37 heavy (non-hydrogen) atoms. The minimum atomic E-state index is -1.22. The first-order valence-electron chi connectivity index (χ1n) is 12.4. The van der Waals surface area contributed by atoms with Crippen LogP contribution in [0.15, 0.2) is 35.4 Å². The molecule has 0 radical (unpaired) electrons. The van der Waals surface area contributed by atoms with Crippen molar-refractivity contribution in [3.05, 3.63) is 40.9 Å². The summed E-state index contributed by atoms with van der Waals surface area (Å²) in [5.41, 5.74) is 0.745. The van der Waals surface area contributed by atoms with E-state index in [-0.39, 0.29) is 5.92 Å². The molecule has 0 saturated heterocycles. The van der Waals surface area contributed by atoms with Crippen molar-refractivity contribution >= 4 is 46.8 Å². The number of methoxy groups -OCH3 is 2. The Morgan fingerprint density at radius 2 is 1.70 bits per heavy atom. The Balaban J connectivity index is 2.02. The molecular formula is C27H35N3O6Si. The Morgan fingerprint density at radius 3 is 2.27 bits per heavy atom. The van der Waals surface area contributed by atoms with E-state index in [2.05, 4.69) is 19.6 Å². The van der Waals surface area contributed by atoms with Gasteiger partial charge in [-0.2, -0.15) is 0 Å². The average molecular weight is 526 g/mol. The van der Waals surface area contributed by atoms with Gasteiger partial charge in [-0.15, -0.1) is 0 Å². The highest BCUT2D eigenvalue weighted by Gasteiger charge is 2.29. The molecule has 1 unspecified atom stereocenters. The molecule has 3 aromatic heterocycles. The van der Waals surface area contributed by atoms with Gasteiger partial charge in [0.2, 0.25) is 0 Å². The number of pyridine rings is 2. The number of carboxylic acids is 1. The first-order chi connectivity index (χ1) is 17.5. The van der Waals surface area contributed by atoms with Crippen LogP contribution in [0.2, 0.25) is 25.7 Å². The lowest BCUT2D eigenvalue weighted by Crippen LogP contribution is -2.33. The second-order valence-corrected chi connectivity index (χ2v) is 16.5. The molecule has 3 heterocycles. The quantitative estimate of drug-likeness (QED) is 0.174. The minimum absolute atomic E-state index is 0.321. The van der Waals surface area contributed by atoms with Crippen LogP contribution in [0.3, 0.4) is 0 Å². The number of ether oxygens (including phenoxy) is 3. The number of nitrogens with zero attached hydrogens (tertiary/aromatic N) is 3. The van der Waals surface area contributed by atoms with Crippen LogP contribution >= 0.6 is 0 Å². The Kier molecular flexibility index (Phi) is 7.34. The van der Waals surface area contributed by atoms with E-state index in [9.17, 15) is 14.7 Å². The van der Waals surface area contributed by atoms with Crippen LogP contribution in [0, 0.1) is 5.92 Å². The topological polar surface area (TPSA) is 105 Å². The standard InChI is InChI=1S/C27H35N3O6Si/c1-16(2)23(27(32)33)30-24-17-8-9-29(15-36-10-11-37(5,6)7)25(17)28-14-20(24)18-12-21(34-3)22(35-4)13-19(18)26(30)31/h8-9,12-14,16,23H,10-11,15H2,1-7H3,(H,32,33). The monoisotopic (exact) mass is 525 g/mol. The van der Waals surface area contributed by atoms with Crippen molar-refractivity contribution < 1.29 is 24.1 Å². The van der Waals surface area contributed by atoms with E-state index < -0.39 is 25.6 Å². The van der Waals surface area contributed by atoms with Gasteiger partial charge in [0, 0.05) is 43.2 Å². The molecule has 9 nitrogen and oxygen atoms in total. The van der Waals surface area contributed by atoms with Crippen molar-refractivity contribution in [2.24, 2.45) is 5.92 Å². The smallest absolute Gasteiger partial charge is 0.327 e. The summed E-state index contributed by atoms with van der Waals surface area (Å²) < 4.78 is 20.1. The summed E-state index contributed by atoms with van der Waals surface area (Å²) in [6.07, 6.45) is 3.56. The highest BCUT2D eigenvalue weighted by Crippen LogP contribution is 2.37. The first-order valence-corrected chi connectivity index (χ1v) is 16.1. The van der Waals surface area contributed by atoms with Gasteiger partial charge in [0.15, 0.2) is 11.5 Å². The number of aromatic nitrogens is 3. The van der Waals surface area contributed by atoms with Crippen LogP contribution in [0.1, 0.15) is 19.9 Å². The molecule has 4 rings (SSSR count). The zero-order valence-electron chi connectivity index (χ0n) is 22.5. The van der Waals surface area contributed by atoms with Gasteiger partial charge in [-0.05, 0) is 30.2 Å². The Morgan fingerprint density at radius 1 is 1.05 bits per heavy atom. The van der Waals surface area contributed by atoms with Crippen LogP contribution < -0.4 is 15.0 Å². The molecule has 0 saturated carbocycles. The molecule has 1 aromatic carbocycles. The SMILES string of the molecule is COc1cc2c(=O)n(C(C(=O)O)C(C)C)c3c(cnc4c3ccn4COCC[Si](C)(C)C)c2cc1OC. The van der Waals surface area contributed by atoms with Gasteiger partial charge in [0.25, 0.3) is 5.56 Å². The van der Waals surface area contributed by atoms with Crippen LogP contribution in [0.25, 0.3) is 32.7 Å². The molecule has 1 N–H and O–H groups in total. The lowest BCUT2D eigenvalue weighted by molar-refractivity contribution is -0.142. The molecule has 0 aliphatic rings. The Hall–Kier alpha value is -3.37. The number of hydrogen-bond donors (Lipinski definition) is 1. The molecule has 4 aromatic rings. The fourth-order valence-corrected chi connectivity index (χ4v) is 5.45. The third kappa shape index (κ3) is 4.95. The largest absolute Gasteiger partial charge is 0.493 e. The maximum Gasteiger partial charge on any atom is 0.327 e. The number of benzene rings is 1. The maximum atomic E-state index is 14.0. The van der Waals surface area contributed by atoms with Gasteiger partial charge in [-0.3, -0.25) is 9.36 Å². The number of aliphatic carboxylic acids is 1. The van der Waals surface area contributed by atoms with Gasteiger partial charge < -0.3 is 23.9 Å². The molecule has 0 bridgehead atoms. The molecular weight excluding hydrogens is 490 g/mol. The molecule has 0 fully saturated rings. The van der Waals surface area contributed by atoms with Crippen LogP contribution in [-0.4, -0.2) is 54.1 Å². The van der Waals surface area contributed by atoms with Gasteiger partial charge in [-0.25, -0.2) is 9.78 Å². The van der Waals surface area contributed by atoms with Crippen molar-refractivity contribution in [1.29, 1.82) is 0 Å². The van der Waals surface area contributed by atoms with Crippen molar-refractivity contribution in [2.45, 2.75) is 52.3 Å². The lowest BCUT2D eigenvalue weighted by atomic mass is 10.00. The molecule has 0 aliphatic heterocycles. The van der Waals surface area contributed by atoms with E-state index in [1.54, 1.807) is 32.2 Å². The normalized spacial score (nSPS) is 13.1.